The van der Waals surface area contributed by atoms with Crippen molar-refractivity contribution in [1.29, 1.82) is 0 Å². The van der Waals surface area contributed by atoms with Crippen LogP contribution in [0.5, 0.6) is 0 Å². The molecule has 3 N–H and O–H groups in total. The summed E-state index contributed by atoms with van der Waals surface area (Å²) in [6.45, 7) is 8.17. The van der Waals surface area contributed by atoms with Crippen LogP contribution in [0.2, 0.25) is 0 Å². The van der Waals surface area contributed by atoms with Crippen molar-refractivity contribution in [1.82, 2.24) is 0 Å². The lowest BCUT2D eigenvalue weighted by atomic mass is 10.1. The zero-order valence-corrected chi connectivity index (χ0v) is 16.9. The van der Waals surface area contributed by atoms with Crippen molar-refractivity contribution in [3.05, 3.63) is 34.9 Å². The average Bonchev–Trinajstić information content (AvgIpc) is 2.45. The molecule has 5 nitrogen and oxygen atoms in total. The molecule has 0 radical (unpaired) electrons. The molecule has 0 amide bonds. The SMILES string of the molecule is CC(C)=CCCC(C)=CCCC(C)=CCC([P+](=O)CO)P(=O)(O)O. The average molecular weight is 377 g/mol. The highest BCUT2D eigenvalue weighted by Gasteiger charge is 2.43. The van der Waals surface area contributed by atoms with E-state index in [4.69, 9.17) is 5.11 Å². The third-order valence-electron chi connectivity index (χ3n) is 3.66. The molecule has 7 heteroatoms. The van der Waals surface area contributed by atoms with Crippen molar-refractivity contribution < 1.29 is 24.0 Å². The Labute approximate surface area is 146 Å². The molecule has 2 unspecified atom stereocenters. The summed E-state index contributed by atoms with van der Waals surface area (Å²) in [6, 6.07) is 0. The summed E-state index contributed by atoms with van der Waals surface area (Å²) in [6.07, 6.45) is 9.18. The summed E-state index contributed by atoms with van der Waals surface area (Å²) in [4.78, 5) is 18.5. The highest BCUT2D eigenvalue weighted by atomic mass is 31.2. The third-order valence-corrected chi connectivity index (χ3v) is 7.48. The predicted octanol–water partition coefficient (Wildman–Crippen LogP) is 5.08. The number of hydrogen-bond acceptors (Lipinski definition) is 3. The minimum atomic E-state index is -4.47. The maximum absolute atomic E-state index is 11.6. The van der Waals surface area contributed by atoms with E-state index >= 15 is 0 Å². The summed E-state index contributed by atoms with van der Waals surface area (Å²) < 4.78 is 22.9. The van der Waals surface area contributed by atoms with Crippen molar-refractivity contribution >= 4 is 15.4 Å². The van der Waals surface area contributed by atoms with E-state index in [-0.39, 0.29) is 6.42 Å². The van der Waals surface area contributed by atoms with Gasteiger partial charge < -0.3 is 14.9 Å². The maximum atomic E-state index is 11.6. The Morgan fingerprint density at radius 3 is 1.96 bits per heavy atom. The molecule has 0 saturated carbocycles. The third kappa shape index (κ3) is 11.1. The Hall–Kier alpha value is -0.570. The Morgan fingerprint density at radius 1 is 1.00 bits per heavy atom. The van der Waals surface area contributed by atoms with Crippen LogP contribution in [0, 0.1) is 0 Å². The smallest absolute Gasteiger partial charge is 0.353 e. The quantitative estimate of drug-likeness (QED) is 0.345. The summed E-state index contributed by atoms with van der Waals surface area (Å²) in [5.74, 6) is 0. The van der Waals surface area contributed by atoms with Crippen molar-refractivity contribution in [2.75, 3.05) is 6.35 Å². The van der Waals surface area contributed by atoms with Gasteiger partial charge in [-0.3, -0.25) is 4.57 Å². The molecule has 24 heavy (non-hydrogen) atoms. The van der Waals surface area contributed by atoms with Crippen LogP contribution in [0.1, 0.15) is 59.8 Å². The maximum Gasteiger partial charge on any atom is 0.382 e. The number of hydrogen-bond donors (Lipinski definition) is 3. The van der Waals surface area contributed by atoms with Crippen LogP contribution in [0.25, 0.3) is 0 Å². The van der Waals surface area contributed by atoms with Crippen LogP contribution in [-0.4, -0.2) is 26.6 Å². The van der Waals surface area contributed by atoms with E-state index in [0.717, 1.165) is 31.3 Å². The van der Waals surface area contributed by atoms with Crippen LogP contribution in [0.3, 0.4) is 0 Å². The molecule has 138 valence electrons. The van der Waals surface area contributed by atoms with Crippen LogP contribution < -0.4 is 0 Å². The zero-order chi connectivity index (χ0) is 18.8. The first-order chi connectivity index (χ1) is 11.1. The lowest BCUT2D eigenvalue weighted by Gasteiger charge is -2.07. The van der Waals surface area contributed by atoms with Gasteiger partial charge in [0.15, 0.2) is 0 Å². The molecule has 0 aromatic rings. The highest BCUT2D eigenvalue weighted by molar-refractivity contribution is 7.67. The van der Waals surface area contributed by atoms with E-state index in [1.807, 2.05) is 6.92 Å². The molecule has 0 aliphatic rings. The molecule has 0 aliphatic heterocycles. The first-order valence-corrected chi connectivity index (χ1v) is 11.3. The van der Waals surface area contributed by atoms with Gasteiger partial charge in [0.05, 0.1) is 0 Å². The van der Waals surface area contributed by atoms with E-state index in [9.17, 15) is 18.9 Å². The topological polar surface area (TPSA) is 94.8 Å². The van der Waals surface area contributed by atoms with Crippen molar-refractivity contribution in [2.45, 2.75) is 65.2 Å². The summed E-state index contributed by atoms with van der Waals surface area (Å²) >= 11 is 0. The van der Waals surface area contributed by atoms with E-state index in [0.29, 0.717) is 0 Å². The van der Waals surface area contributed by atoms with Gasteiger partial charge in [-0.15, -0.1) is 0 Å². The van der Waals surface area contributed by atoms with Crippen molar-refractivity contribution in [3.63, 3.8) is 0 Å². The first kappa shape index (κ1) is 23.4. The molecule has 0 aliphatic carbocycles. The van der Waals surface area contributed by atoms with Gasteiger partial charge in [0.2, 0.25) is 6.35 Å². The Balaban J connectivity index is 4.47. The van der Waals surface area contributed by atoms with Gasteiger partial charge in [-0.25, -0.2) is 0 Å². The van der Waals surface area contributed by atoms with Crippen LogP contribution in [0.4, 0.5) is 0 Å². The second kappa shape index (κ2) is 11.9. The summed E-state index contributed by atoms with van der Waals surface area (Å²) in [7, 11) is -6.79. The molecule has 0 heterocycles. The van der Waals surface area contributed by atoms with E-state index in [1.165, 1.54) is 11.1 Å². The molecular formula is C17H31O5P2+. The molecule has 0 aromatic heterocycles. The molecule has 0 spiro atoms. The Bertz CT molecular complexity index is 539. The fraction of sp³-hybridized carbons (Fsp3) is 0.647. The van der Waals surface area contributed by atoms with E-state index in [2.05, 4.69) is 32.9 Å². The Morgan fingerprint density at radius 2 is 1.50 bits per heavy atom. The second-order valence-corrected chi connectivity index (χ2v) is 10.3. The largest absolute Gasteiger partial charge is 0.382 e. The zero-order valence-electron chi connectivity index (χ0n) is 15.1. The number of allylic oxidation sites excluding steroid dienone is 6. The fourth-order valence-corrected chi connectivity index (χ4v) is 4.63. The lowest BCUT2D eigenvalue weighted by Crippen LogP contribution is -2.04. The van der Waals surface area contributed by atoms with Gasteiger partial charge in [0.25, 0.3) is 5.40 Å². The van der Waals surface area contributed by atoms with Gasteiger partial charge in [0.1, 0.15) is 0 Å². The van der Waals surface area contributed by atoms with Crippen LogP contribution in [-0.2, 0) is 9.13 Å². The number of rotatable bonds is 11. The van der Waals surface area contributed by atoms with E-state index in [1.54, 1.807) is 6.08 Å². The number of aliphatic hydroxyl groups excluding tert-OH is 1. The molecule has 0 bridgehead atoms. The highest BCUT2D eigenvalue weighted by Crippen LogP contribution is 2.54. The molecular weight excluding hydrogens is 346 g/mol. The van der Waals surface area contributed by atoms with Crippen molar-refractivity contribution in [3.8, 4) is 0 Å². The molecule has 0 rings (SSSR count). The Kier molecular flexibility index (Phi) is 11.6. The molecule has 0 aromatic carbocycles. The minimum absolute atomic E-state index is 0.0230. The second-order valence-electron chi connectivity index (χ2n) is 6.32. The molecule has 0 saturated heterocycles. The summed E-state index contributed by atoms with van der Waals surface area (Å²) in [5, 5.41) is 7.58. The van der Waals surface area contributed by atoms with Crippen LogP contribution >= 0.6 is 15.4 Å². The van der Waals surface area contributed by atoms with Gasteiger partial charge in [0, 0.05) is 6.42 Å². The monoisotopic (exact) mass is 377 g/mol. The number of aliphatic hydroxyl groups is 1. The lowest BCUT2D eigenvalue weighted by molar-refractivity contribution is 0.352. The standard InChI is InChI=1S/C17H30O5P2/c1-14(2)7-5-8-15(3)9-6-10-16(4)11-12-17(23(19)13-18)24(20,21)22/h7,9,11,17-18H,5-6,8,10,12-13H2,1-4H3,(H-,20,21,22)/p+1. The molecule has 0 fully saturated rings. The first-order valence-electron chi connectivity index (χ1n) is 8.12. The molecule has 2 atom stereocenters. The van der Waals surface area contributed by atoms with Gasteiger partial charge in [-0.05, 0) is 53.4 Å². The minimum Gasteiger partial charge on any atom is -0.353 e. The van der Waals surface area contributed by atoms with E-state index < -0.39 is 27.1 Å². The van der Waals surface area contributed by atoms with Gasteiger partial charge in [-0.2, -0.15) is 0 Å². The van der Waals surface area contributed by atoms with Crippen molar-refractivity contribution in [2.24, 2.45) is 0 Å². The normalized spacial score (nSPS) is 15.2. The fourth-order valence-electron chi connectivity index (χ4n) is 2.16. The van der Waals surface area contributed by atoms with Crippen LogP contribution in [0.15, 0.2) is 34.9 Å². The van der Waals surface area contributed by atoms with Gasteiger partial charge >= 0.3 is 15.4 Å². The van der Waals surface area contributed by atoms with Gasteiger partial charge in [-0.1, -0.05) is 39.5 Å². The summed E-state index contributed by atoms with van der Waals surface area (Å²) in [5.41, 5.74) is 3.65. The predicted molar refractivity (Wildman–Crippen MR) is 101 cm³/mol.